The Morgan fingerprint density at radius 2 is 1.84 bits per heavy atom. The van der Waals surface area contributed by atoms with Crippen LogP contribution in [0.1, 0.15) is 54.8 Å². The number of amides is 2. The fourth-order valence-corrected chi connectivity index (χ4v) is 6.00. The van der Waals surface area contributed by atoms with Crippen molar-refractivity contribution in [1.82, 2.24) is 14.7 Å². The lowest BCUT2D eigenvalue weighted by molar-refractivity contribution is -0.143. The van der Waals surface area contributed by atoms with Gasteiger partial charge in [0.25, 0.3) is 0 Å². The highest BCUT2D eigenvalue weighted by Crippen LogP contribution is 2.38. The van der Waals surface area contributed by atoms with Crippen molar-refractivity contribution in [3.05, 3.63) is 57.3 Å². The molecule has 0 radical (unpaired) electrons. The number of nitrogens with zero attached hydrogens (tertiary/aromatic N) is 3. The summed E-state index contributed by atoms with van der Waals surface area (Å²) in [6, 6.07) is 11.0. The van der Waals surface area contributed by atoms with Gasteiger partial charge in [0.1, 0.15) is 0 Å². The zero-order valence-corrected chi connectivity index (χ0v) is 20.5. The van der Waals surface area contributed by atoms with E-state index in [9.17, 15) is 9.59 Å². The zero-order valence-electron chi connectivity index (χ0n) is 19.7. The largest absolute Gasteiger partial charge is 0.338 e. The van der Waals surface area contributed by atoms with E-state index in [1.807, 2.05) is 21.1 Å². The van der Waals surface area contributed by atoms with Gasteiger partial charge >= 0.3 is 0 Å². The monoisotopic (exact) mass is 453 g/mol. The summed E-state index contributed by atoms with van der Waals surface area (Å²) in [4.78, 5) is 33.6. The SMILES string of the molecule is Cc1ccccc1C1c2ccsc2CCN1CC(=O)N1CCN(C(=O)CC(C)C)C(C)C1. The first-order valence-electron chi connectivity index (χ1n) is 11.8. The van der Waals surface area contributed by atoms with Crippen molar-refractivity contribution in [2.45, 2.75) is 52.6 Å². The van der Waals surface area contributed by atoms with E-state index in [-0.39, 0.29) is 23.9 Å². The molecule has 2 amide bonds. The van der Waals surface area contributed by atoms with Crippen molar-refractivity contribution in [3.8, 4) is 0 Å². The van der Waals surface area contributed by atoms with Crippen LogP contribution in [0.25, 0.3) is 0 Å². The Bertz CT molecular complexity index is 969. The average molecular weight is 454 g/mol. The molecule has 0 N–H and O–H groups in total. The van der Waals surface area contributed by atoms with E-state index >= 15 is 0 Å². The first-order chi connectivity index (χ1) is 15.3. The van der Waals surface area contributed by atoms with E-state index in [1.54, 1.807) is 0 Å². The van der Waals surface area contributed by atoms with Crippen LogP contribution in [0.2, 0.25) is 0 Å². The number of benzene rings is 1. The van der Waals surface area contributed by atoms with Crippen LogP contribution in [0.5, 0.6) is 0 Å². The van der Waals surface area contributed by atoms with Crippen molar-refractivity contribution in [2.24, 2.45) is 5.92 Å². The van der Waals surface area contributed by atoms with E-state index < -0.39 is 0 Å². The Labute approximate surface area is 196 Å². The molecule has 1 saturated heterocycles. The number of thiophene rings is 1. The summed E-state index contributed by atoms with van der Waals surface area (Å²) < 4.78 is 0. The van der Waals surface area contributed by atoms with Crippen LogP contribution < -0.4 is 0 Å². The van der Waals surface area contributed by atoms with Crippen molar-refractivity contribution < 1.29 is 9.59 Å². The number of carbonyl (C=O) groups is 2. The van der Waals surface area contributed by atoms with Crippen molar-refractivity contribution in [2.75, 3.05) is 32.7 Å². The van der Waals surface area contributed by atoms with Gasteiger partial charge in [-0.05, 0) is 54.3 Å². The molecule has 0 saturated carbocycles. The highest BCUT2D eigenvalue weighted by Gasteiger charge is 2.34. The quantitative estimate of drug-likeness (QED) is 0.684. The summed E-state index contributed by atoms with van der Waals surface area (Å²) in [7, 11) is 0. The number of piperazine rings is 1. The third-order valence-corrected chi connectivity index (χ3v) is 7.77. The molecule has 0 aliphatic carbocycles. The lowest BCUT2D eigenvalue weighted by Crippen LogP contribution is -2.57. The second-order valence-electron chi connectivity index (χ2n) is 9.65. The van der Waals surface area contributed by atoms with Gasteiger partial charge in [-0.3, -0.25) is 14.5 Å². The highest BCUT2D eigenvalue weighted by atomic mass is 32.1. The molecule has 2 aliphatic rings. The molecular formula is C26H35N3O2S. The summed E-state index contributed by atoms with van der Waals surface area (Å²) in [6.07, 6.45) is 1.57. The molecule has 0 bridgehead atoms. The average Bonchev–Trinajstić information content (AvgIpc) is 3.22. The second kappa shape index (κ2) is 9.75. The molecule has 1 aromatic carbocycles. The molecule has 0 spiro atoms. The molecule has 5 nitrogen and oxygen atoms in total. The molecule has 6 heteroatoms. The van der Waals surface area contributed by atoms with E-state index in [1.165, 1.54) is 21.6 Å². The van der Waals surface area contributed by atoms with Crippen molar-refractivity contribution in [1.29, 1.82) is 0 Å². The molecule has 1 fully saturated rings. The van der Waals surface area contributed by atoms with Gasteiger partial charge in [-0.1, -0.05) is 38.1 Å². The minimum absolute atomic E-state index is 0.0657. The number of rotatable bonds is 5. The molecule has 1 aromatic heterocycles. The lowest BCUT2D eigenvalue weighted by Gasteiger charge is -2.42. The predicted molar refractivity (Wildman–Crippen MR) is 130 cm³/mol. The standard InChI is InChI=1S/C26H35N3O2S/c1-18(2)15-24(30)29-13-12-27(16-20(29)4)25(31)17-28-11-9-23-22(10-14-32-23)26(28)21-8-6-5-7-19(21)3/h5-8,10,14,18,20,26H,9,11-13,15-17H2,1-4H3. The zero-order chi connectivity index (χ0) is 22.8. The fourth-order valence-electron chi connectivity index (χ4n) is 5.09. The third kappa shape index (κ3) is 4.76. The van der Waals surface area contributed by atoms with Gasteiger partial charge in [-0.25, -0.2) is 0 Å². The first-order valence-corrected chi connectivity index (χ1v) is 12.7. The Balaban J connectivity index is 1.47. The number of hydrogen-bond donors (Lipinski definition) is 0. The smallest absolute Gasteiger partial charge is 0.236 e. The van der Waals surface area contributed by atoms with Gasteiger partial charge < -0.3 is 9.80 Å². The lowest BCUT2D eigenvalue weighted by atomic mass is 9.90. The minimum Gasteiger partial charge on any atom is -0.338 e. The minimum atomic E-state index is 0.0657. The van der Waals surface area contributed by atoms with E-state index in [2.05, 4.69) is 68.3 Å². The third-order valence-electron chi connectivity index (χ3n) is 6.77. The van der Waals surface area contributed by atoms with Crippen LogP contribution in [0, 0.1) is 12.8 Å². The molecule has 2 aromatic rings. The summed E-state index contributed by atoms with van der Waals surface area (Å²) in [5, 5.41) is 2.18. The van der Waals surface area contributed by atoms with Gasteiger partial charge in [0, 0.05) is 43.5 Å². The van der Waals surface area contributed by atoms with Gasteiger partial charge in [0.05, 0.1) is 12.6 Å². The normalized spacial score (nSPS) is 21.7. The van der Waals surface area contributed by atoms with Crippen LogP contribution in [-0.4, -0.2) is 65.3 Å². The van der Waals surface area contributed by atoms with Crippen LogP contribution in [0.4, 0.5) is 0 Å². The summed E-state index contributed by atoms with van der Waals surface area (Å²) >= 11 is 1.83. The number of carbonyl (C=O) groups excluding carboxylic acids is 2. The van der Waals surface area contributed by atoms with Gasteiger partial charge in [0.15, 0.2) is 0 Å². The van der Waals surface area contributed by atoms with Gasteiger partial charge in [-0.15, -0.1) is 11.3 Å². The van der Waals surface area contributed by atoms with Crippen molar-refractivity contribution in [3.63, 3.8) is 0 Å². The Morgan fingerprint density at radius 1 is 1.06 bits per heavy atom. The van der Waals surface area contributed by atoms with Gasteiger partial charge in [-0.2, -0.15) is 0 Å². The summed E-state index contributed by atoms with van der Waals surface area (Å²) in [6.45, 7) is 11.6. The van der Waals surface area contributed by atoms with Crippen LogP contribution >= 0.6 is 11.3 Å². The fraction of sp³-hybridized carbons (Fsp3) is 0.538. The van der Waals surface area contributed by atoms with Crippen LogP contribution in [0.15, 0.2) is 35.7 Å². The number of fused-ring (bicyclic) bond motifs is 1. The molecule has 3 heterocycles. The maximum atomic E-state index is 13.4. The molecule has 32 heavy (non-hydrogen) atoms. The van der Waals surface area contributed by atoms with Gasteiger partial charge in [0.2, 0.25) is 11.8 Å². The van der Waals surface area contributed by atoms with Crippen LogP contribution in [-0.2, 0) is 16.0 Å². The molecule has 172 valence electrons. The molecule has 2 unspecified atom stereocenters. The Morgan fingerprint density at radius 3 is 2.56 bits per heavy atom. The molecule has 4 rings (SSSR count). The molecule has 2 aliphatic heterocycles. The highest BCUT2D eigenvalue weighted by molar-refractivity contribution is 7.10. The molecule has 2 atom stereocenters. The number of aryl methyl sites for hydroxylation is 1. The number of hydrogen-bond acceptors (Lipinski definition) is 4. The second-order valence-corrected chi connectivity index (χ2v) is 10.7. The first kappa shape index (κ1) is 23.0. The topological polar surface area (TPSA) is 43.9 Å². The Kier molecular flexibility index (Phi) is 7.01. The van der Waals surface area contributed by atoms with Crippen molar-refractivity contribution >= 4 is 23.2 Å². The Hall–Kier alpha value is -2.18. The molecular weight excluding hydrogens is 418 g/mol. The van der Waals surface area contributed by atoms with E-state index in [0.717, 1.165) is 13.0 Å². The summed E-state index contributed by atoms with van der Waals surface area (Å²) in [5.41, 5.74) is 3.90. The van der Waals surface area contributed by atoms with Crippen LogP contribution in [0.3, 0.4) is 0 Å². The summed E-state index contributed by atoms with van der Waals surface area (Å²) in [5.74, 6) is 0.735. The van der Waals surface area contributed by atoms with E-state index in [4.69, 9.17) is 0 Å². The van der Waals surface area contributed by atoms with E-state index in [0.29, 0.717) is 38.5 Å². The maximum Gasteiger partial charge on any atom is 0.236 e. The maximum absolute atomic E-state index is 13.4. The predicted octanol–water partition coefficient (Wildman–Crippen LogP) is 4.11.